The molecule has 1 aliphatic carbocycles. The van der Waals surface area contributed by atoms with E-state index >= 15 is 0 Å². The summed E-state index contributed by atoms with van der Waals surface area (Å²) >= 11 is 0. The molecule has 4 aromatic rings. The molecule has 0 bridgehead atoms. The molecule has 1 atom stereocenters. The molecular formula is C23H24N8. The fourth-order valence-electron chi connectivity index (χ4n) is 5.37. The maximum absolute atomic E-state index is 6.72. The maximum atomic E-state index is 6.72. The van der Waals surface area contributed by atoms with Crippen molar-refractivity contribution in [3.05, 3.63) is 66.0 Å². The minimum Gasteiger partial charge on any atom is -0.355 e. The van der Waals surface area contributed by atoms with E-state index in [1.54, 1.807) is 12.4 Å². The molecule has 8 nitrogen and oxygen atoms in total. The Kier molecular flexibility index (Phi) is 4.04. The molecule has 8 heteroatoms. The third-order valence-corrected chi connectivity index (χ3v) is 7.06. The van der Waals surface area contributed by atoms with Gasteiger partial charge in [0.05, 0.1) is 30.0 Å². The molecule has 4 aromatic heterocycles. The predicted molar refractivity (Wildman–Crippen MR) is 117 cm³/mol. The van der Waals surface area contributed by atoms with Gasteiger partial charge in [0.25, 0.3) is 0 Å². The lowest BCUT2D eigenvalue weighted by Crippen LogP contribution is -2.44. The third kappa shape index (κ3) is 2.75. The molecule has 31 heavy (non-hydrogen) atoms. The number of fused-ring (bicyclic) bond motifs is 2. The molecule has 0 unspecified atom stereocenters. The molecule has 1 fully saturated rings. The van der Waals surface area contributed by atoms with E-state index in [2.05, 4.69) is 31.2 Å². The number of anilines is 1. The number of rotatable bonds is 2. The number of nitrogens with two attached hydrogens (primary N) is 1. The van der Waals surface area contributed by atoms with E-state index in [4.69, 9.17) is 10.7 Å². The Morgan fingerprint density at radius 3 is 2.71 bits per heavy atom. The zero-order valence-electron chi connectivity index (χ0n) is 17.4. The van der Waals surface area contributed by atoms with Crippen LogP contribution in [0.1, 0.15) is 35.8 Å². The van der Waals surface area contributed by atoms with E-state index in [1.165, 1.54) is 11.3 Å². The maximum Gasteiger partial charge on any atom is 0.155 e. The normalized spacial score (nSPS) is 19.8. The molecule has 0 aromatic carbocycles. The summed E-state index contributed by atoms with van der Waals surface area (Å²) in [4.78, 5) is 12.0. The van der Waals surface area contributed by atoms with Crippen molar-refractivity contribution >= 4 is 11.3 Å². The van der Waals surface area contributed by atoms with Gasteiger partial charge in [-0.25, -0.2) is 9.50 Å². The fraction of sp³-hybridized carbons (Fsp3) is 0.348. The summed E-state index contributed by atoms with van der Waals surface area (Å²) in [6.45, 7) is 3.87. The van der Waals surface area contributed by atoms with Crippen LogP contribution < -0.4 is 10.6 Å². The van der Waals surface area contributed by atoms with Gasteiger partial charge in [0.2, 0.25) is 0 Å². The highest BCUT2D eigenvalue weighted by Crippen LogP contribution is 2.50. The van der Waals surface area contributed by atoms with Crippen LogP contribution >= 0.6 is 0 Å². The SMILES string of the molecule is Cc1nc(N2CCC3(CC2)Cc2ncccc2[C@H]3N)c2ccnn2c1-c1ccnnc1. The largest absolute Gasteiger partial charge is 0.355 e. The van der Waals surface area contributed by atoms with Crippen molar-refractivity contribution in [1.29, 1.82) is 0 Å². The summed E-state index contributed by atoms with van der Waals surface area (Å²) < 4.78 is 1.97. The molecule has 1 spiro atoms. The second-order valence-electron chi connectivity index (χ2n) is 8.67. The van der Waals surface area contributed by atoms with Crippen molar-refractivity contribution in [2.24, 2.45) is 11.1 Å². The van der Waals surface area contributed by atoms with Gasteiger partial charge >= 0.3 is 0 Å². The molecule has 0 saturated carbocycles. The summed E-state index contributed by atoms with van der Waals surface area (Å²) in [6.07, 6.45) is 10.2. The van der Waals surface area contributed by atoms with Gasteiger partial charge < -0.3 is 10.6 Å². The summed E-state index contributed by atoms with van der Waals surface area (Å²) in [5, 5.41) is 12.5. The number of aryl methyl sites for hydroxylation is 1. The minimum atomic E-state index is 0.0598. The molecule has 2 N–H and O–H groups in total. The van der Waals surface area contributed by atoms with Crippen LogP contribution in [0.4, 0.5) is 5.82 Å². The lowest BCUT2D eigenvalue weighted by Gasteiger charge is -2.42. The Labute approximate surface area is 180 Å². The van der Waals surface area contributed by atoms with Crippen molar-refractivity contribution in [2.45, 2.75) is 32.2 Å². The molecule has 0 radical (unpaired) electrons. The Morgan fingerprint density at radius 1 is 1.06 bits per heavy atom. The standard InChI is InChI=1S/C23H24N8/c1-15-20(16-4-9-26-27-14-16)31-19(5-10-28-31)22(29-15)30-11-6-23(7-12-30)13-18-17(21(23)24)3-2-8-25-18/h2-5,8-10,14,21H,6-7,11-13,24H2,1H3/t21-/m1/s1. The second kappa shape index (κ2) is 6.81. The van der Waals surface area contributed by atoms with Gasteiger partial charge in [-0.15, -0.1) is 0 Å². The predicted octanol–water partition coefficient (Wildman–Crippen LogP) is 2.73. The first-order chi connectivity index (χ1) is 15.2. The Morgan fingerprint density at radius 2 is 1.94 bits per heavy atom. The van der Waals surface area contributed by atoms with Gasteiger partial charge in [0.15, 0.2) is 5.82 Å². The number of piperidine rings is 1. The van der Waals surface area contributed by atoms with Gasteiger partial charge in [0, 0.05) is 36.6 Å². The average Bonchev–Trinajstić information content (AvgIpc) is 3.38. The third-order valence-electron chi connectivity index (χ3n) is 7.06. The van der Waals surface area contributed by atoms with Crippen molar-refractivity contribution < 1.29 is 0 Å². The van der Waals surface area contributed by atoms with E-state index in [9.17, 15) is 0 Å². The van der Waals surface area contributed by atoms with Crippen LogP contribution in [0, 0.1) is 12.3 Å². The van der Waals surface area contributed by atoms with Crippen LogP contribution in [-0.2, 0) is 6.42 Å². The van der Waals surface area contributed by atoms with Crippen molar-refractivity contribution in [3.8, 4) is 11.3 Å². The Balaban J connectivity index is 1.33. The minimum absolute atomic E-state index is 0.0598. The van der Waals surface area contributed by atoms with Crippen LogP contribution in [0.3, 0.4) is 0 Å². The number of hydrogen-bond donors (Lipinski definition) is 1. The second-order valence-corrected chi connectivity index (χ2v) is 8.67. The first kappa shape index (κ1) is 18.4. The van der Waals surface area contributed by atoms with Crippen LogP contribution in [0.15, 0.2) is 49.1 Å². The van der Waals surface area contributed by atoms with Crippen LogP contribution in [0.2, 0.25) is 0 Å². The zero-order chi connectivity index (χ0) is 21.0. The van der Waals surface area contributed by atoms with E-state index in [-0.39, 0.29) is 11.5 Å². The molecular weight excluding hydrogens is 388 g/mol. The molecule has 0 amide bonds. The van der Waals surface area contributed by atoms with Gasteiger partial charge in [-0.2, -0.15) is 15.3 Å². The average molecular weight is 413 g/mol. The van der Waals surface area contributed by atoms with Crippen molar-refractivity contribution in [2.75, 3.05) is 18.0 Å². The monoisotopic (exact) mass is 412 g/mol. The number of pyridine rings is 1. The molecule has 1 saturated heterocycles. The Bertz CT molecular complexity index is 1260. The molecule has 2 aliphatic rings. The van der Waals surface area contributed by atoms with Crippen molar-refractivity contribution in [1.82, 2.24) is 29.8 Å². The quantitative estimate of drug-likeness (QED) is 0.540. The highest BCUT2D eigenvalue weighted by Gasteiger charge is 2.46. The lowest BCUT2D eigenvalue weighted by molar-refractivity contribution is 0.187. The number of nitrogens with zero attached hydrogens (tertiary/aromatic N) is 7. The lowest BCUT2D eigenvalue weighted by atomic mass is 9.73. The Hall–Kier alpha value is -3.39. The topological polar surface area (TPSA) is 98.1 Å². The number of hydrogen-bond acceptors (Lipinski definition) is 7. The summed E-state index contributed by atoms with van der Waals surface area (Å²) in [5.74, 6) is 0.984. The van der Waals surface area contributed by atoms with E-state index in [0.717, 1.165) is 60.6 Å². The van der Waals surface area contributed by atoms with E-state index in [0.29, 0.717) is 0 Å². The summed E-state index contributed by atoms with van der Waals surface area (Å²) in [6, 6.07) is 8.17. The first-order valence-corrected chi connectivity index (χ1v) is 10.7. The molecule has 6 rings (SSSR count). The molecule has 5 heterocycles. The fourth-order valence-corrected chi connectivity index (χ4v) is 5.37. The summed E-state index contributed by atoms with van der Waals surface area (Å²) in [7, 11) is 0. The van der Waals surface area contributed by atoms with Crippen molar-refractivity contribution in [3.63, 3.8) is 0 Å². The highest BCUT2D eigenvalue weighted by molar-refractivity contribution is 5.75. The first-order valence-electron chi connectivity index (χ1n) is 10.7. The van der Waals surface area contributed by atoms with Crippen LogP contribution in [0.5, 0.6) is 0 Å². The van der Waals surface area contributed by atoms with Gasteiger partial charge in [-0.3, -0.25) is 4.98 Å². The molecule has 1 aliphatic heterocycles. The zero-order valence-corrected chi connectivity index (χ0v) is 17.4. The van der Waals surface area contributed by atoms with E-state index < -0.39 is 0 Å². The van der Waals surface area contributed by atoms with Gasteiger partial charge in [0.1, 0.15) is 5.52 Å². The molecule has 156 valence electrons. The van der Waals surface area contributed by atoms with Crippen LogP contribution in [0.25, 0.3) is 16.8 Å². The van der Waals surface area contributed by atoms with Crippen LogP contribution in [-0.4, -0.2) is 42.9 Å². The van der Waals surface area contributed by atoms with E-state index in [1.807, 2.05) is 42.0 Å². The van der Waals surface area contributed by atoms with Gasteiger partial charge in [-0.1, -0.05) is 6.07 Å². The number of aromatic nitrogens is 6. The highest BCUT2D eigenvalue weighted by atomic mass is 15.3. The summed E-state index contributed by atoms with van der Waals surface area (Å²) in [5.41, 5.74) is 13.1. The van der Waals surface area contributed by atoms with Gasteiger partial charge in [-0.05, 0) is 55.4 Å². The smallest absolute Gasteiger partial charge is 0.155 e.